The second-order valence-corrected chi connectivity index (χ2v) is 8.61. The van der Waals surface area contributed by atoms with Gasteiger partial charge in [-0.2, -0.15) is 12.6 Å². The molecule has 0 saturated heterocycles. The Morgan fingerprint density at radius 2 is 1.55 bits per heavy atom. The Bertz CT molecular complexity index is 800. The number of alkyl halides is 1. The highest BCUT2D eigenvalue weighted by Gasteiger charge is 2.32. The maximum absolute atomic E-state index is 13.0. The highest BCUT2D eigenvalue weighted by Crippen LogP contribution is 2.10. The largest absolute Gasteiger partial charge is 0.480 e. The van der Waals surface area contributed by atoms with Crippen LogP contribution in [0.2, 0.25) is 0 Å². The fourth-order valence-corrected chi connectivity index (χ4v) is 3.18. The fraction of sp³-hybridized carbons (Fsp3) is 0.500. The van der Waals surface area contributed by atoms with Crippen molar-refractivity contribution in [3.05, 3.63) is 35.9 Å². The van der Waals surface area contributed by atoms with Crippen molar-refractivity contribution in [2.24, 2.45) is 17.2 Å². The average Bonchev–Trinajstić information content (AvgIpc) is 2.78. The number of amides is 3. The van der Waals surface area contributed by atoms with E-state index in [1.165, 1.54) is 0 Å². The minimum atomic E-state index is -1.49. The normalized spacial score (nSPS) is 15.4. The molecule has 11 nitrogen and oxygen atoms in total. The Morgan fingerprint density at radius 1 is 0.970 bits per heavy atom. The van der Waals surface area contributed by atoms with Crippen LogP contribution in [-0.2, 0) is 25.6 Å². The van der Waals surface area contributed by atoms with Crippen molar-refractivity contribution < 1.29 is 24.3 Å². The van der Waals surface area contributed by atoms with Gasteiger partial charge in [-0.3, -0.25) is 14.4 Å². The number of carbonyl (C=O) groups excluding carboxylic acids is 3. The van der Waals surface area contributed by atoms with Gasteiger partial charge in [0.15, 0.2) is 6.04 Å². The molecule has 3 amide bonds. The predicted octanol–water partition coefficient (Wildman–Crippen LogP) is -1.71. The molecule has 1 aromatic carbocycles. The van der Waals surface area contributed by atoms with Gasteiger partial charge in [-0.1, -0.05) is 30.3 Å². The number of rotatable bonds is 14. The molecule has 5 atom stereocenters. The number of carbonyl (C=O) groups is 4. The number of carboxylic acids is 1. The van der Waals surface area contributed by atoms with Crippen LogP contribution in [0.15, 0.2) is 30.3 Å². The van der Waals surface area contributed by atoms with Crippen LogP contribution in [0.4, 0.5) is 0 Å². The van der Waals surface area contributed by atoms with Crippen molar-refractivity contribution >= 4 is 47.9 Å². The molecule has 0 heterocycles. The number of thiol groups is 1. The molecule has 0 aromatic heterocycles. The molecule has 33 heavy (non-hydrogen) atoms. The summed E-state index contributed by atoms with van der Waals surface area (Å²) in [5, 5.41) is 16.7. The molecule has 0 spiro atoms. The van der Waals surface area contributed by atoms with Crippen LogP contribution in [0.25, 0.3) is 0 Å². The quantitative estimate of drug-likeness (QED) is 0.108. The third kappa shape index (κ3) is 9.96. The number of halogens is 1. The van der Waals surface area contributed by atoms with Gasteiger partial charge in [0, 0.05) is 13.0 Å². The van der Waals surface area contributed by atoms with Gasteiger partial charge in [-0.25, -0.2) is 4.79 Å². The molecule has 0 aliphatic carbocycles. The van der Waals surface area contributed by atoms with Gasteiger partial charge in [0.05, 0.1) is 6.04 Å². The third-order valence-electron chi connectivity index (χ3n) is 4.68. The van der Waals surface area contributed by atoms with Gasteiger partial charge in [0.2, 0.25) is 17.7 Å². The van der Waals surface area contributed by atoms with E-state index in [9.17, 15) is 24.3 Å². The molecule has 0 bridgehead atoms. The molecular weight excluding hydrogens is 472 g/mol. The van der Waals surface area contributed by atoms with Crippen LogP contribution < -0.4 is 33.2 Å². The summed E-state index contributed by atoms with van der Waals surface area (Å²) in [5.41, 5.74) is 17.3. The average molecular weight is 503 g/mol. The maximum atomic E-state index is 13.0. The van der Waals surface area contributed by atoms with Crippen LogP contribution >= 0.6 is 24.2 Å². The standard InChI is InChI=1S/C20H31ClN6O5S/c21-16(33)15(20(31)32)27-19(30)14(9-11-5-2-1-3-6-11)26-18(29)13(7-4-8-22)25-17(28)12(24)10-23/h1-3,5-6,12-16,33H,4,7-10,22-24H2,(H,25,28)(H,26,29)(H,27,30)(H,31,32)/t12-,13-,14-,15-,16?/m0/s1. The molecule has 13 heteroatoms. The number of carboxylic acid groups (broad SMARTS) is 1. The van der Waals surface area contributed by atoms with Crippen LogP contribution in [0, 0.1) is 0 Å². The third-order valence-corrected chi connectivity index (χ3v) is 5.23. The zero-order valence-electron chi connectivity index (χ0n) is 17.9. The lowest BCUT2D eigenvalue weighted by Gasteiger charge is -2.25. The summed E-state index contributed by atoms with van der Waals surface area (Å²) in [7, 11) is 0. The molecule has 0 aliphatic heterocycles. The zero-order chi connectivity index (χ0) is 25.0. The second kappa shape index (κ2) is 14.7. The maximum Gasteiger partial charge on any atom is 0.328 e. The molecule has 1 rings (SSSR count). The van der Waals surface area contributed by atoms with E-state index in [4.69, 9.17) is 28.8 Å². The van der Waals surface area contributed by atoms with E-state index >= 15 is 0 Å². The summed E-state index contributed by atoms with van der Waals surface area (Å²) in [5.74, 6) is -3.43. The minimum Gasteiger partial charge on any atom is -0.480 e. The summed E-state index contributed by atoms with van der Waals surface area (Å²) in [6, 6.07) is 4.12. The van der Waals surface area contributed by atoms with Crippen molar-refractivity contribution in [1.29, 1.82) is 0 Å². The molecule has 0 saturated carbocycles. The van der Waals surface area contributed by atoms with Crippen molar-refractivity contribution in [3.63, 3.8) is 0 Å². The number of hydrogen-bond acceptors (Lipinski definition) is 8. The number of nitrogens with two attached hydrogens (primary N) is 3. The lowest BCUT2D eigenvalue weighted by molar-refractivity contribution is -0.141. The molecular formula is C20H31ClN6O5S. The Kier molecular flexibility index (Phi) is 12.8. The number of hydrogen-bond donors (Lipinski definition) is 8. The molecule has 0 fully saturated rings. The highest BCUT2D eigenvalue weighted by atomic mass is 35.5. The van der Waals surface area contributed by atoms with Gasteiger partial charge in [0.25, 0.3) is 0 Å². The fourth-order valence-electron chi connectivity index (χ4n) is 2.81. The summed E-state index contributed by atoms with van der Waals surface area (Å²) in [6.07, 6.45) is 0.674. The van der Waals surface area contributed by atoms with E-state index in [-0.39, 0.29) is 25.9 Å². The summed E-state index contributed by atoms with van der Waals surface area (Å²) in [6.45, 7) is 0.159. The van der Waals surface area contributed by atoms with Crippen LogP contribution in [0.1, 0.15) is 18.4 Å². The van der Waals surface area contributed by atoms with Gasteiger partial charge >= 0.3 is 5.97 Å². The van der Waals surface area contributed by atoms with Crippen molar-refractivity contribution in [2.75, 3.05) is 13.1 Å². The molecule has 0 aliphatic rings. The number of nitrogens with one attached hydrogen (secondary N) is 3. The van der Waals surface area contributed by atoms with E-state index in [1.54, 1.807) is 30.3 Å². The molecule has 0 radical (unpaired) electrons. The van der Waals surface area contributed by atoms with Gasteiger partial charge in [-0.15, -0.1) is 11.6 Å². The zero-order valence-corrected chi connectivity index (χ0v) is 19.6. The van der Waals surface area contributed by atoms with Crippen molar-refractivity contribution in [1.82, 2.24) is 16.0 Å². The van der Waals surface area contributed by atoms with Crippen molar-refractivity contribution in [2.45, 2.75) is 48.1 Å². The summed E-state index contributed by atoms with van der Waals surface area (Å²) in [4.78, 5) is 49.4. The van der Waals surface area contributed by atoms with E-state index in [1.807, 2.05) is 0 Å². The van der Waals surface area contributed by atoms with Gasteiger partial charge < -0.3 is 38.3 Å². The first-order chi connectivity index (χ1) is 15.6. The smallest absolute Gasteiger partial charge is 0.328 e. The summed E-state index contributed by atoms with van der Waals surface area (Å²) >= 11 is 9.64. The van der Waals surface area contributed by atoms with Crippen LogP contribution in [-0.4, -0.2) is 70.8 Å². The Labute approximate surface area is 202 Å². The first-order valence-electron chi connectivity index (χ1n) is 10.3. The van der Waals surface area contributed by atoms with Crippen LogP contribution in [0.3, 0.4) is 0 Å². The first kappa shape index (κ1) is 28.7. The van der Waals surface area contributed by atoms with E-state index < -0.39 is 52.6 Å². The monoisotopic (exact) mass is 502 g/mol. The predicted molar refractivity (Wildman–Crippen MR) is 128 cm³/mol. The SMILES string of the molecule is NCCC[C@H](NC(=O)[C@@H](N)CN)C(=O)N[C@@H](Cc1ccccc1)C(=O)N[C@H](C(=O)O)C(S)Cl. The van der Waals surface area contributed by atoms with E-state index in [2.05, 4.69) is 28.6 Å². The van der Waals surface area contributed by atoms with E-state index in [0.717, 1.165) is 0 Å². The molecule has 10 N–H and O–H groups in total. The highest BCUT2D eigenvalue weighted by molar-refractivity contribution is 7.82. The number of benzene rings is 1. The van der Waals surface area contributed by atoms with Crippen LogP contribution in [0.5, 0.6) is 0 Å². The first-order valence-corrected chi connectivity index (χ1v) is 11.2. The second-order valence-electron chi connectivity index (χ2n) is 7.28. The van der Waals surface area contributed by atoms with Gasteiger partial charge in [-0.05, 0) is 24.9 Å². The van der Waals surface area contributed by atoms with Gasteiger partial charge in [0.1, 0.15) is 16.8 Å². The molecule has 1 aromatic rings. The summed E-state index contributed by atoms with van der Waals surface area (Å²) < 4.78 is -1.20. The molecule has 1 unspecified atom stereocenters. The van der Waals surface area contributed by atoms with Crippen molar-refractivity contribution in [3.8, 4) is 0 Å². The minimum absolute atomic E-state index is 0.0597. The Balaban J connectivity index is 3.08. The Hall–Kier alpha value is -2.38. The molecule has 184 valence electrons. The Morgan fingerprint density at radius 3 is 2.06 bits per heavy atom. The van der Waals surface area contributed by atoms with E-state index in [0.29, 0.717) is 12.0 Å². The topological polar surface area (TPSA) is 203 Å². The lowest BCUT2D eigenvalue weighted by Crippen LogP contribution is -2.58. The number of aliphatic carboxylic acids is 1. The lowest BCUT2D eigenvalue weighted by atomic mass is 10.0.